The van der Waals surface area contributed by atoms with Crippen LogP contribution in [0.25, 0.3) is 0 Å². The number of fused-ring (bicyclic) bond motifs is 4. The van der Waals surface area contributed by atoms with Crippen LogP contribution in [-0.4, -0.2) is 54.6 Å². The van der Waals surface area contributed by atoms with Crippen LogP contribution in [0.1, 0.15) is 103 Å². The summed E-state index contributed by atoms with van der Waals surface area (Å²) in [4.78, 5) is 91.9. The summed E-state index contributed by atoms with van der Waals surface area (Å²) in [5.41, 5.74) is 6.03. The Hall–Kier alpha value is -7.21. The van der Waals surface area contributed by atoms with E-state index in [2.05, 4.69) is 21.3 Å². The topological polar surface area (TPSA) is 171 Å². The summed E-state index contributed by atoms with van der Waals surface area (Å²) < 4.78 is 0. The number of ketones is 4. The molecule has 0 aromatic heterocycles. The molecule has 3 unspecified atom stereocenters. The molecule has 3 atom stereocenters. The fraction of sp³-hybridized carbons (Fsp3) is 0.229. The third-order valence-electron chi connectivity index (χ3n) is 11.5. The molecule has 4 N–H and O–H groups in total. The average molecular weight is 804 g/mol. The highest BCUT2D eigenvalue weighted by molar-refractivity contribution is 6.35. The van der Waals surface area contributed by atoms with Crippen LogP contribution in [0.5, 0.6) is 0 Å². The highest BCUT2D eigenvalue weighted by Gasteiger charge is 2.46. The second kappa shape index (κ2) is 16.6. The Labute approximate surface area is 347 Å². The second-order valence-electron chi connectivity index (χ2n) is 15.2. The molecule has 12 nitrogen and oxygen atoms in total. The lowest BCUT2D eigenvalue weighted by Gasteiger charge is -2.25. The molecule has 2 aliphatic carbocycles. The molecule has 3 amide bonds. The van der Waals surface area contributed by atoms with Crippen LogP contribution in [0.4, 0.5) is 28.4 Å². The zero-order valence-corrected chi connectivity index (χ0v) is 34.2. The van der Waals surface area contributed by atoms with Crippen LogP contribution < -0.4 is 26.2 Å². The summed E-state index contributed by atoms with van der Waals surface area (Å²) >= 11 is 0. The van der Waals surface area contributed by atoms with Crippen LogP contribution in [0.15, 0.2) is 97.1 Å². The van der Waals surface area contributed by atoms with Gasteiger partial charge in [0.2, 0.25) is 17.7 Å². The zero-order valence-electron chi connectivity index (χ0n) is 34.2. The molecular weight excluding hydrogens is 759 g/mol. The minimum atomic E-state index is -0.473. The smallest absolute Gasteiger partial charge is 0.237 e. The minimum absolute atomic E-state index is 0.0655. The number of benzene rings is 5. The molecule has 5 aromatic rings. The largest absolute Gasteiger partial charge is 0.388 e. The molecule has 1 aliphatic heterocycles. The minimum Gasteiger partial charge on any atom is -0.388 e. The highest BCUT2D eigenvalue weighted by atomic mass is 16.2. The van der Waals surface area contributed by atoms with Crippen molar-refractivity contribution in [2.45, 2.75) is 41.0 Å². The van der Waals surface area contributed by atoms with Crippen LogP contribution in [0.2, 0.25) is 0 Å². The molecular formula is C48H45N5O7. The van der Waals surface area contributed by atoms with Gasteiger partial charge in [0.25, 0.3) is 0 Å². The second-order valence-corrected chi connectivity index (χ2v) is 15.2. The summed E-state index contributed by atoms with van der Waals surface area (Å²) in [6, 6.07) is 28.0. The number of rotatable bonds is 9. The Morgan fingerprint density at radius 2 is 1.07 bits per heavy atom. The van der Waals surface area contributed by atoms with Crippen molar-refractivity contribution in [3.63, 3.8) is 0 Å². The number of hydrogen-bond acceptors (Lipinski definition) is 10. The number of imide groups is 1. The number of carbonyl (C=O) groups excluding carboxylic acids is 7. The van der Waals surface area contributed by atoms with Gasteiger partial charge in [-0.3, -0.25) is 33.6 Å². The van der Waals surface area contributed by atoms with Crippen LogP contribution in [0.3, 0.4) is 0 Å². The van der Waals surface area contributed by atoms with Crippen LogP contribution in [-0.2, 0) is 14.4 Å². The van der Waals surface area contributed by atoms with Gasteiger partial charge in [-0.25, -0.2) is 4.90 Å². The van der Waals surface area contributed by atoms with Gasteiger partial charge >= 0.3 is 0 Å². The molecule has 60 heavy (non-hydrogen) atoms. The lowest BCUT2D eigenvalue weighted by Crippen LogP contribution is -2.34. The zero-order chi connectivity index (χ0) is 43.0. The summed E-state index contributed by atoms with van der Waals surface area (Å²) in [7, 11) is 1.66. The molecule has 3 aliphatic rings. The van der Waals surface area contributed by atoms with Gasteiger partial charge in [0.05, 0.1) is 40.3 Å². The van der Waals surface area contributed by atoms with Gasteiger partial charge in [0.15, 0.2) is 23.1 Å². The molecule has 0 radical (unpaired) electrons. The van der Waals surface area contributed by atoms with Crippen molar-refractivity contribution in [3.05, 3.63) is 147 Å². The number of aryl methyl sites for hydroxylation is 1. The Morgan fingerprint density at radius 1 is 0.617 bits per heavy atom. The number of hydrogen-bond donors (Lipinski definition) is 4. The van der Waals surface area contributed by atoms with Gasteiger partial charge in [0, 0.05) is 64.1 Å². The maximum Gasteiger partial charge on any atom is 0.237 e. The number of nitrogens with zero attached hydrogens (tertiary/aromatic N) is 1. The van der Waals surface area contributed by atoms with Crippen molar-refractivity contribution >= 4 is 69.3 Å². The highest BCUT2D eigenvalue weighted by Crippen LogP contribution is 2.41. The van der Waals surface area contributed by atoms with E-state index in [0.29, 0.717) is 44.9 Å². The van der Waals surface area contributed by atoms with Crippen molar-refractivity contribution in [1.29, 1.82) is 0 Å². The summed E-state index contributed by atoms with van der Waals surface area (Å²) in [6.45, 7) is 9.37. The van der Waals surface area contributed by atoms with Gasteiger partial charge in [-0.15, -0.1) is 0 Å². The van der Waals surface area contributed by atoms with E-state index in [1.165, 1.54) is 0 Å². The first-order chi connectivity index (χ1) is 28.8. The van der Waals surface area contributed by atoms with Gasteiger partial charge in [-0.2, -0.15) is 0 Å². The van der Waals surface area contributed by atoms with Gasteiger partial charge < -0.3 is 21.3 Å². The van der Waals surface area contributed by atoms with Gasteiger partial charge in [-0.05, 0) is 49.7 Å². The number of nitrogens with one attached hydrogen (secondary N) is 4. The fourth-order valence-electron chi connectivity index (χ4n) is 7.63. The summed E-state index contributed by atoms with van der Waals surface area (Å²) in [6.07, 6.45) is 0.740. The van der Waals surface area contributed by atoms with Crippen molar-refractivity contribution in [1.82, 2.24) is 5.32 Å². The number of anilines is 5. The Kier molecular flexibility index (Phi) is 11.3. The quantitative estimate of drug-likeness (QED) is 0.0838. The summed E-state index contributed by atoms with van der Waals surface area (Å²) in [5.74, 6) is -2.91. The molecule has 1 heterocycles. The van der Waals surface area contributed by atoms with Crippen LogP contribution in [0, 0.1) is 24.7 Å². The monoisotopic (exact) mass is 803 g/mol. The van der Waals surface area contributed by atoms with Crippen molar-refractivity contribution in [2.24, 2.45) is 17.8 Å². The van der Waals surface area contributed by atoms with Gasteiger partial charge in [-0.1, -0.05) is 93.9 Å². The van der Waals surface area contributed by atoms with E-state index in [1.54, 1.807) is 93.7 Å². The molecule has 8 rings (SSSR count). The predicted octanol–water partition coefficient (Wildman–Crippen LogP) is 7.69. The first-order valence-corrected chi connectivity index (χ1v) is 19.9. The average Bonchev–Trinajstić information content (AvgIpc) is 3.46. The number of amides is 3. The Bertz CT molecular complexity index is 2610. The first-order valence-electron chi connectivity index (χ1n) is 19.9. The lowest BCUT2D eigenvalue weighted by molar-refractivity contribution is -0.124. The standard InChI is InChI=1S/C27H27N3O3.C21H18N2O4/c1-4-17(3)27(33)29-15-28-21-13-14-22(30-18-11-9-16(2)10-12-18)24-23(21)25(31)19-7-5-6-8-20(19)26(24)32;1-10-11(2)21(27)23(20(10)26)15-9-8-14(22-3)16-17(15)19(25)13-7-5-4-6-12(13)18(16)24/h5-14,17,28,30H,4,15H2,1-3H3,(H,29,33);4-11,22H,1-3H3. The van der Waals surface area contributed by atoms with E-state index < -0.39 is 11.8 Å². The van der Waals surface area contributed by atoms with E-state index in [9.17, 15) is 33.6 Å². The number of carbonyl (C=O) groups is 7. The van der Waals surface area contributed by atoms with E-state index in [1.807, 2.05) is 45.0 Å². The normalized spacial score (nSPS) is 16.8. The van der Waals surface area contributed by atoms with E-state index in [4.69, 9.17) is 0 Å². The Balaban J connectivity index is 0.000000185. The molecule has 1 saturated heterocycles. The van der Waals surface area contributed by atoms with Gasteiger partial charge in [0.1, 0.15) is 0 Å². The molecule has 0 bridgehead atoms. The Morgan fingerprint density at radius 3 is 1.57 bits per heavy atom. The molecule has 304 valence electrons. The molecule has 5 aromatic carbocycles. The maximum atomic E-state index is 13.5. The third kappa shape index (κ3) is 7.14. The van der Waals surface area contributed by atoms with Crippen molar-refractivity contribution < 1.29 is 33.6 Å². The molecule has 0 spiro atoms. The lowest BCUT2D eigenvalue weighted by atomic mass is 9.82. The predicted molar refractivity (Wildman–Crippen MR) is 230 cm³/mol. The van der Waals surface area contributed by atoms with E-state index in [0.717, 1.165) is 22.6 Å². The van der Waals surface area contributed by atoms with Crippen molar-refractivity contribution in [3.8, 4) is 0 Å². The van der Waals surface area contributed by atoms with E-state index >= 15 is 0 Å². The maximum absolute atomic E-state index is 13.5. The summed E-state index contributed by atoms with van der Waals surface area (Å²) in [5, 5.41) is 12.2. The van der Waals surface area contributed by atoms with Crippen molar-refractivity contribution in [2.75, 3.05) is 34.6 Å². The third-order valence-corrected chi connectivity index (χ3v) is 11.5. The molecule has 0 saturated carbocycles. The fourth-order valence-corrected chi connectivity index (χ4v) is 7.63. The van der Waals surface area contributed by atoms with E-state index in [-0.39, 0.29) is 75.8 Å². The molecule has 1 fully saturated rings. The van der Waals surface area contributed by atoms with Crippen LogP contribution >= 0.6 is 0 Å². The SMILES string of the molecule is CCC(C)C(=O)NCNc1ccc(Nc2ccc(C)cc2)c2c1C(=O)c1ccccc1C2=O.CNc1ccc(N2C(=O)C(C)C(C)C2=O)c2c1C(=O)c1ccccc1C2=O. The first kappa shape index (κ1) is 41.0. The molecule has 12 heteroatoms.